The van der Waals surface area contributed by atoms with Gasteiger partial charge in [0.25, 0.3) is 0 Å². The van der Waals surface area contributed by atoms with Gasteiger partial charge in [-0.05, 0) is 37.2 Å². The van der Waals surface area contributed by atoms with Crippen molar-refractivity contribution in [3.8, 4) is 11.5 Å². The van der Waals surface area contributed by atoms with Crippen LogP contribution in [0.5, 0.6) is 11.5 Å². The monoisotopic (exact) mass is 282 g/mol. The van der Waals surface area contributed by atoms with Crippen LogP contribution in [0.3, 0.4) is 0 Å². The molecule has 1 aliphatic rings. The highest BCUT2D eigenvalue weighted by Crippen LogP contribution is 2.34. The zero-order valence-electron chi connectivity index (χ0n) is 12.0. The number of alkyl halides is 1. The third-order valence-corrected chi connectivity index (χ3v) is 4.14. The molecule has 2 nitrogen and oxygen atoms in total. The second kappa shape index (κ2) is 6.51. The summed E-state index contributed by atoms with van der Waals surface area (Å²) in [4.78, 5) is 0. The Bertz CT molecular complexity index is 409. The highest BCUT2D eigenvalue weighted by atomic mass is 35.5. The Morgan fingerprint density at radius 2 is 1.84 bits per heavy atom. The van der Waals surface area contributed by atoms with E-state index in [1.54, 1.807) is 7.11 Å². The van der Waals surface area contributed by atoms with Crippen molar-refractivity contribution in [3.05, 3.63) is 23.8 Å². The SMILES string of the molecule is COc1ccc(CCl)c(OC2CC(C)CC(C)C2)c1. The van der Waals surface area contributed by atoms with Gasteiger partial charge >= 0.3 is 0 Å². The highest BCUT2D eigenvalue weighted by Gasteiger charge is 2.25. The molecular formula is C16H23ClO2. The maximum Gasteiger partial charge on any atom is 0.127 e. The van der Waals surface area contributed by atoms with E-state index >= 15 is 0 Å². The summed E-state index contributed by atoms with van der Waals surface area (Å²) in [6, 6.07) is 5.86. The van der Waals surface area contributed by atoms with Gasteiger partial charge in [-0.3, -0.25) is 0 Å². The minimum Gasteiger partial charge on any atom is -0.497 e. The van der Waals surface area contributed by atoms with E-state index in [-0.39, 0.29) is 0 Å². The van der Waals surface area contributed by atoms with E-state index in [4.69, 9.17) is 21.1 Å². The number of halogens is 1. The molecule has 0 bridgehead atoms. The van der Waals surface area contributed by atoms with Crippen LogP contribution in [-0.4, -0.2) is 13.2 Å². The van der Waals surface area contributed by atoms with Crippen LogP contribution in [0.25, 0.3) is 0 Å². The molecule has 19 heavy (non-hydrogen) atoms. The van der Waals surface area contributed by atoms with E-state index in [0.717, 1.165) is 41.7 Å². The van der Waals surface area contributed by atoms with E-state index in [1.807, 2.05) is 18.2 Å². The maximum atomic E-state index is 6.20. The van der Waals surface area contributed by atoms with Crippen LogP contribution in [0.1, 0.15) is 38.7 Å². The number of hydrogen-bond donors (Lipinski definition) is 0. The molecule has 0 spiro atoms. The molecule has 1 saturated carbocycles. The third kappa shape index (κ3) is 3.79. The third-order valence-electron chi connectivity index (χ3n) is 3.85. The van der Waals surface area contributed by atoms with E-state index < -0.39 is 0 Å². The quantitative estimate of drug-likeness (QED) is 0.749. The van der Waals surface area contributed by atoms with Crippen LogP contribution in [0.2, 0.25) is 0 Å². The van der Waals surface area contributed by atoms with Crippen molar-refractivity contribution in [2.24, 2.45) is 11.8 Å². The fourth-order valence-electron chi connectivity index (χ4n) is 3.03. The second-order valence-corrected chi connectivity index (χ2v) is 6.03. The van der Waals surface area contributed by atoms with Gasteiger partial charge in [0.15, 0.2) is 0 Å². The molecule has 0 aliphatic heterocycles. The van der Waals surface area contributed by atoms with Gasteiger partial charge in [0.2, 0.25) is 0 Å². The van der Waals surface area contributed by atoms with Gasteiger partial charge < -0.3 is 9.47 Å². The second-order valence-electron chi connectivity index (χ2n) is 5.76. The Morgan fingerprint density at radius 3 is 2.42 bits per heavy atom. The average Bonchev–Trinajstić information content (AvgIpc) is 2.37. The summed E-state index contributed by atoms with van der Waals surface area (Å²) in [6.45, 7) is 4.61. The summed E-state index contributed by atoms with van der Waals surface area (Å²) in [5.41, 5.74) is 1.04. The molecule has 0 N–H and O–H groups in total. The summed E-state index contributed by atoms with van der Waals surface area (Å²) in [7, 11) is 1.67. The topological polar surface area (TPSA) is 18.5 Å². The molecule has 0 radical (unpaired) electrons. The van der Waals surface area contributed by atoms with E-state index in [9.17, 15) is 0 Å². The van der Waals surface area contributed by atoms with E-state index in [0.29, 0.717) is 12.0 Å². The van der Waals surface area contributed by atoms with Crippen molar-refractivity contribution in [2.45, 2.75) is 45.1 Å². The molecule has 0 aromatic heterocycles. The Kier molecular flexibility index (Phi) is 4.98. The molecule has 0 amide bonds. The number of ether oxygens (including phenoxy) is 2. The smallest absolute Gasteiger partial charge is 0.127 e. The Labute approximate surface area is 121 Å². The van der Waals surface area contributed by atoms with Gasteiger partial charge in [0, 0.05) is 11.6 Å². The van der Waals surface area contributed by atoms with Gasteiger partial charge in [-0.25, -0.2) is 0 Å². The fourth-order valence-corrected chi connectivity index (χ4v) is 3.25. The lowest BCUT2D eigenvalue weighted by Gasteiger charge is -2.32. The van der Waals surface area contributed by atoms with Crippen molar-refractivity contribution >= 4 is 11.6 Å². The normalized spacial score (nSPS) is 27.1. The summed E-state index contributed by atoms with van der Waals surface area (Å²) in [5.74, 6) is 3.64. The summed E-state index contributed by atoms with van der Waals surface area (Å²) < 4.78 is 11.5. The Hall–Kier alpha value is -0.890. The number of hydrogen-bond acceptors (Lipinski definition) is 2. The number of rotatable bonds is 4. The molecule has 1 aliphatic carbocycles. The molecule has 2 atom stereocenters. The minimum atomic E-state index is 0.299. The van der Waals surface area contributed by atoms with Crippen molar-refractivity contribution in [2.75, 3.05) is 7.11 Å². The van der Waals surface area contributed by atoms with Crippen molar-refractivity contribution < 1.29 is 9.47 Å². The van der Waals surface area contributed by atoms with E-state index in [2.05, 4.69) is 13.8 Å². The Balaban J connectivity index is 2.12. The summed E-state index contributed by atoms with van der Waals surface area (Å²) >= 11 is 5.98. The lowest BCUT2D eigenvalue weighted by atomic mass is 9.82. The highest BCUT2D eigenvalue weighted by molar-refractivity contribution is 6.17. The predicted molar refractivity (Wildman–Crippen MR) is 79.1 cm³/mol. The first-order valence-corrected chi connectivity index (χ1v) is 7.55. The van der Waals surface area contributed by atoms with Crippen molar-refractivity contribution in [1.29, 1.82) is 0 Å². The van der Waals surface area contributed by atoms with Crippen molar-refractivity contribution in [3.63, 3.8) is 0 Å². The van der Waals surface area contributed by atoms with Crippen LogP contribution in [0, 0.1) is 11.8 Å². The van der Waals surface area contributed by atoms with Crippen molar-refractivity contribution in [1.82, 2.24) is 0 Å². The van der Waals surface area contributed by atoms with Gasteiger partial charge in [-0.2, -0.15) is 0 Å². The minimum absolute atomic E-state index is 0.299. The Morgan fingerprint density at radius 1 is 1.16 bits per heavy atom. The van der Waals surface area contributed by atoms with Crippen LogP contribution in [0.4, 0.5) is 0 Å². The first kappa shape index (κ1) is 14.5. The average molecular weight is 283 g/mol. The first-order chi connectivity index (χ1) is 9.12. The lowest BCUT2D eigenvalue weighted by Crippen LogP contribution is -2.28. The summed E-state index contributed by atoms with van der Waals surface area (Å²) in [5, 5.41) is 0. The molecule has 1 fully saturated rings. The van der Waals surface area contributed by atoms with Gasteiger partial charge in [0.1, 0.15) is 11.5 Å². The summed E-state index contributed by atoms with van der Waals surface area (Å²) in [6.07, 6.45) is 3.86. The molecule has 1 aromatic carbocycles. The number of benzene rings is 1. The lowest BCUT2D eigenvalue weighted by molar-refractivity contribution is 0.100. The fraction of sp³-hybridized carbons (Fsp3) is 0.625. The molecule has 1 aromatic rings. The zero-order chi connectivity index (χ0) is 13.8. The largest absolute Gasteiger partial charge is 0.497 e. The number of methoxy groups -OCH3 is 1. The van der Waals surface area contributed by atoms with Crippen LogP contribution < -0.4 is 9.47 Å². The van der Waals surface area contributed by atoms with Crippen LogP contribution in [-0.2, 0) is 5.88 Å². The molecule has 0 saturated heterocycles. The van der Waals surface area contributed by atoms with E-state index in [1.165, 1.54) is 6.42 Å². The molecule has 2 rings (SSSR count). The van der Waals surface area contributed by atoms with Gasteiger partial charge in [-0.15, -0.1) is 11.6 Å². The standard InChI is InChI=1S/C16H23ClO2/c1-11-6-12(2)8-15(7-11)19-16-9-14(18-3)5-4-13(16)10-17/h4-5,9,11-12,15H,6-8,10H2,1-3H3. The predicted octanol–water partition coefficient (Wildman–Crippen LogP) is 4.64. The van der Waals surface area contributed by atoms with Crippen LogP contribution >= 0.6 is 11.6 Å². The molecule has 2 unspecified atom stereocenters. The first-order valence-electron chi connectivity index (χ1n) is 7.02. The molecule has 3 heteroatoms. The molecular weight excluding hydrogens is 260 g/mol. The van der Waals surface area contributed by atoms with Gasteiger partial charge in [0.05, 0.1) is 19.1 Å². The van der Waals surface area contributed by atoms with Crippen LogP contribution in [0.15, 0.2) is 18.2 Å². The maximum absolute atomic E-state index is 6.20. The van der Waals surface area contributed by atoms with Gasteiger partial charge in [-0.1, -0.05) is 19.9 Å². The molecule has 0 heterocycles. The zero-order valence-corrected chi connectivity index (χ0v) is 12.7. The molecule has 106 valence electrons.